The summed E-state index contributed by atoms with van der Waals surface area (Å²) in [6, 6.07) is 29.4. The van der Waals surface area contributed by atoms with Crippen LogP contribution in [0.1, 0.15) is 0 Å². The summed E-state index contributed by atoms with van der Waals surface area (Å²) in [4.78, 5) is 11.0. The van der Waals surface area contributed by atoms with Gasteiger partial charge in [-0.2, -0.15) is 0 Å². The van der Waals surface area contributed by atoms with Crippen molar-refractivity contribution in [2.75, 3.05) is 0 Å². The van der Waals surface area contributed by atoms with Crippen molar-refractivity contribution in [2.24, 2.45) is 0 Å². The molecule has 1 heterocycles. The Morgan fingerprint density at radius 2 is 1.54 bits per heavy atom. The molecule has 28 heavy (non-hydrogen) atoms. The van der Waals surface area contributed by atoms with Crippen LogP contribution < -0.4 is 0 Å². The zero-order valence-electron chi connectivity index (χ0n) is 14.9. The average Bonchev–Trinajstić information content (AvgIpc) is 3.18. The van der Waals surface area contributed by atoms with E-state index in [0.717, 1.165) is 32.9 Å². The molecule has 4 heteroatoms. The van der Waals surface area contributed by atoms with Crippen LogP contribution in [-0.4, -0.2) is 9.49 Å². The highest BCUT2D eigenvalue weighted by Gasteiger charge is 2.15. The summed E-state index contributed by atoms with van der Waals surface area (Å²) in [6.45, 7) is 0. The van der Waals surface area contributed by atoms with E-state index in [4.69, 9.17) is 0 Å². The molecule has 0 amide bonds. The van der Waals surface area contributed by atoms with E-state index in [2.05, 4.69) is 47.2 Å². The molecule has 0 atom stereocenters. The Morgan fingerprint density at radius 3 is 2.36 bits per heavy atom. The lowest BCUT2D eigenvalue weighted by Crippen LogP contribution is -1.92. The monoisotopic (exact) mass is 364 g/mol. The first kappa shape index (κ1) is 16.3. The average molecular weight is 364 g/mol. The molecule has 0 aliphatic carbocycles. The number of benzene rings is 4. The number of fused-ring (bicyclic) bond motifs is 3. The van der Waals surface area contributed by atoms with Gasteiger partial charge in [0, 0.05) is 23.3 Å². The zero-order valence-corrected chi connectivity index (χ0v) is 14.9. The Labute approximate surface area is 161 Å². The van der Waals surface area contributed by atoms with Crippen LogP contribution in [0, 0.1) is 10.1 Å². The molecule has 0 aliphatic heterocycles. The topological polar surface area (TPSA) is 48.1 Å². The second-order valence-electron chi connectivity index (χ2n) is 6.73. The Hall–Kier alpha value is -3.92. The molecule has 1 aromatic heterocycles. The van der Waals surface area contributed by atoms with Crippen LogP contribution in [0.2, 0.25) is 0 Å². The highest BCUT2D eigenvalue weighted by atomic mass is 16.6. The first-order valence-corrected chi connectivity index (χ1v) is 9.05. The molecule has 134 valence electrons. The van der Waals surface area contributed by atoms with Gasteiger partial charge >= 0.3 is 0 Å². The summed E-state index contributed by atoms with van der Waals surface area (Å²) in [5.74, 6) is 0. The van der Waals surface area contributed by atoms with Crippen molar-refractivity contribution in [1.29, 1.82) is 0 Å². The van der Waals surface area contributed by atoms with Gasteiger partial charge in [0.25, 0.3) is 5.69 Å². The largest absolute Gasteiger partial charge is 0.317 e. The van der Waals surface area contributed by atoms with Gasteiger partial charge in [0.2, 0.25) is 0 Å². The van der Waals surface area contributed by atoms with Crippen molar-refractivity contribution in [3.05, 3.63) is 107 Å². The third-order valence-corrected chi connectivity index (χ3v) is 5.13. The standard InChI is InChI=1S/C24H16N2O2/c27-26(28)24-9-5-4-8-21(24)18-10-12-20-17(16-18)11-13-23-22(20)14-15-25(23)19-6-2-1-3-7-19/h1-16H. The van der Waals surface area contributed by atoms with Crippen molar-refractivity contribution >= 4 is 27.4 Å². The molecule has 0 N–H and O–H groups in total. The molecule has 4 aromatic carbocycles. The minimum absolute atomic E-state index is 0.123. The van der Waals surface area contributed by atoms with Gasteiger partial charge in [-0.05, 0) is 52.7 Å². The Kier molecular flexibility index (Phi) is 3.69. The lowest BCUT2D eigenvalue weighted by molar-refractivity contribution is -0.384. The lowest BCUT2D eigenvalue weighted by atomic mass is 9.98. The van der Waals surface area contributed by atoms with Crippen molar-refractivity contribution in [1.82, 2.24) is 4.57 Å². The van der Waals surface area contributed by atoms with E-state index in [1.807, 2.05) is 36.4 Å². The second-order valence-corrected chi connectivity index (χ2v) is 6.73. The maximum absolute atomic E-state index is 11.4. The summed E-state index contributed by atoms with van der Waals surface area (Å²) in [7, 11) is 0. The SMILES string of the molecule is O=[N+]([O-])c1ccccc1-c1ccc2c(ccc3c2ccn3-c2ccccc2)c1. The van der Waals surface area contributed by atoms with E-state index < -0.39 is 0 Å². The number of aromatic nitrogens is 1. The summed E-state index contributed by atoms with van der Waals surface area (Å²) in [5.41, 5.74) is 3.86. The Morgan fingerprint density at radius 1 is 0.750 bits per heavy atom. The van der Waals surface area contributed by atoms with Crippen LogP contribution in [0.25, 0.3) is 38.5 Å². The second kappa shape index (κ2) is 6.35. The summed E-state index contributed by atoms with van der Waals surface area (Å²) in [5, 5.41) is 14.7. The molecule has 4 nitrogen and oxygen atoms in total. The normalized spacial score (nSPS) is 11.1. The van der Waals surface area contributed by atoms with E-state index in [-0.39, 0.29) is 10.6 Å². The van der Waals surface area contributed by atoms with Gasteiger partial charge < -0.3 is 4.57 Å². The highest BCUT2D eigenvalue weighted by Crippen LogP contribution is 2.34. The Balaban J connectivity index is 1.69. The maximum atomic E-state index is 11.4. The lowest BCUT2D eigenvalue weighted by Gasteiger charge is -2.08. The van der Waals surface area contributed by atoms with E-state index in [9.17, 15) is 10.1 Å². The van der Waals surface area contributed by atoms with Gasteiger partial charge in [-0.15, -0.1) is 0 Å². The number of hydrogen-bond acceptors (Lipinski definition) is 2. The predicted octanol–water partition coefficient (Wildman–Crippen LogP) is 6.36. The number of hydrogen-bond donors (Lipinski definition) is 0. The summed E-state index contributed by atoms with van der Waals surface area (Å²) in [6.07, 6.45) is 2.08. The summed E-state index contributed by atoms with van der Waals surface area (Å²) >= 11 is 0. The molecule has 0 spiro atoms. The number of nitrogens with zero attached hydrogens (tertiary/aromatic N) is 2. The minimum Gasteiger partial charge on any atom is -0.317 e. The molecule has 0 radical (unpaired) electrons. The summed E-state index contributed by atoms with van der Waals surface area (Å²) < 4.78 is 2.17. The van der Waals surface area contributed by atoms with Crippen LogP contribution in [0.15, 0.2) is 97.2 Å². The molecule has 0 bridgehead atoms. The predicted molar refractivity (Wildman–Crippen MR) is 113 cm³/mol. The van der Waals surface area contributed by atoms with Gasteiger partial charge in [-0.1, -0.05) is 48.5 Å². The van der Waals surface area contributed by atoms with Crippen molar-refractivity contribution in [2.45, 2.75) is 0 Å². The number of nitro groups is 1. The van der Waals surface area contributed by atoms with Crippen molar-refractivity contribution in [3.63, 3.8) is 0 Å². The molecule has 0 saturated carbocycles. The maximum Gasteiger partial charge on any atom is 0.277 e. The molecular formula is C24H16N2O2. The zero-order chi connectivity index (χ0) is 19.1. The van der Waals surface area contributed by atoms with Gasteiger partial charge in [0.05, 0.1) is 16.0 Å². The smallest absolute Gasteiger partial charge is 0.277 e. The fourth-order valence-corrected chi connectivity index (χ4v) is 3.82. The van der Waals surface area contributed by atoms with Gasteiger partial charge in [-0.3, -0.25) is 10.1 Å². The molecule has 5 rings (SSSR count). The van der Waals surface area contributed by atoms with Crippen LogP contribution in [0.3, 0.4) is 0 Å². The van der Waals surface area contributed by atoms with Crippen molar-refractivity contribution < 1.29 is 4.92 Å². The fraction of sp³-hybridized carbons (Fsp3) is 0. The van der Waals surface area contributed by atoms with Gasteiger partial charge in [0.1, 0.15) is 0 Å². The van der Waals surface area contributed by atoms with Crippen LogP contribution >= 0.6 is 0 Å². The third kappa shape index (κ3) is 2.55. The minimum atomic E-state index is -0.331. The quantitative estimate of drug-likeness (QED) is 0.276. The van der Waals surface area contributed by atoms with Gasteiger partial charge in [-0.25, -0.2) is 0 Å². The van der Waals surface area contributed by atoms with E-state index in [1.54, 1.807) is 18.2 Å². The molecular weight excluding hydrogens is 348 g/mol. The molecule has 0 aliphatic rings. The number of para-hydroxylation sites is 2. The molecule has 0 fully saturated rings. The van der Waals surface area contributed by atoms with Crippen molar-refractivity contribution in [3.8, 4) is 16.8 Å². The van der Waals surface area contributed by atoms with E-state index >= 15 is 0 Å². The molecule has 0 saturated heterocycles. The first-order chi connectivity index (χ1) is 13.7. The van der Waals surface area contributed by atoms with Gasteiger partial charge in [0.15, 0.2) is 0 Å². The van der Waals surface area contributed by atoms with E-state index in [0.29, 0.717) is 5.56 Å². The first-order valence-electron chi connectivity index (χ1n) is 9.05. The fourth-order valence-electron chi connectivity index (χ4n) is 3.82. The van der Waals surface area contributed by atoms with Crippen LogP contribution in [0.4, 0.5) is 5.69 Å². The van der Waals surface area contributed by atoms with Crippen LogP contribution in [-0.2, 0) is 0 Å². The Bertz CT molecular complexity index is 1340. The van der Waals surface area contributed by atoms with Crippen LogP contribution in [0.5, 0.6) is 0 Å². The number of rotatable bonds is 3. The molecule has 5 aromatic rings. The van der Waals surface area contributed by atoms with E-state index in [1.165, 1.54) is 0 Å². The molecule has 0 unspecified atom stereocenters. The number of nitro benzene ring substituents is 1. The highest BCUT2D eigenvalue weighted by molar-refractivity contribution is 6.08. The third-order valence-electron chi connectivity index (χ3n) is 5.13.